The highest BCUT2D eigenvalue weighted by Crippen LogP contribution is 2.10. The highest BCUT2D eigenvalue weighted by atomic mass is 79.9. The van der Waals surface area contributed by atoms with E-state index in [1.165, 1.54) is 18.5 Å². The summed E-state index contributed by atoms with van der Waals surface area (Å²) in [6, 6.07) is 1.33. The van der Waals surface area contributed by atoms with Gasteiger partial charge in [0.15, 0.2) is 0 Å². The highest BCUT2D eigenvalue weighted by molar-refractivity contribution is 9.25. The number of rotatable bonds is 8. The Kier molecular flexibility index (Phi) is 10.2. The van der Waals surface area contributed by atoms with Crippen molar-refractivity contribution in [1.29, 1.82) is 0 Å². The summed E-state index contributed by atoms with van der Waals surface area (Å²) in [5, 5.41) is 0. The van der Waals surface area contributed by atoms with Crippen molar-refractivity contribution in [1.82, 2.24) is 0 Å². The number of hydrogen-bond acceptors (Lipinski definition) is 2. The molecule has 0 amide bonds. The van der Waals surface area contributed by atoms with Crippen molar-refractivity contribution in [3.05, 3.63) is 12.7 Å². The molecule has 0 unspecified atom stereocenters. The molecular formula is C9H16Br2O2Si. The molecule has 14 heavy (non-hydrogen) atoms. The molecule has 0 bridgehead atoms. The first kappa shape index (κ1) is 14.4. The standard InChI is InChI=1S/C9H16Br2O2Si/c1-2-8(12)13-6-4-3-5-7-14-9(10)11/h2,9H,1,3-7,14H2. The maximum absolute atomic E-state index is 10.6. The van der Waals surface area contributed by atoms with Crippen LogP contribution in [0.5, 0.6) is 0 Å². The number of halogens is 2. The summed E-state index contributed by atoms with van der Waals surface area (Å²) in [5.74, 6) is -0.319. The molecule has 0 saturated carbocycles. The summed E-state index contributed by atoms with van der Waals surface area (Å²) < 4.78 is 5.42. The lowest BCUT2D eigenvalue weighted by Crippen LogP contribution is -2.02. The van der Waals surface area contributed by atoms with E-state index in [0.29, 0.717) is 9.97 Å². The molecule has 0 spiro atoms. The molecule has 0 fully saturated rings. The molecule has 0 aliphatic carbocycles. The number of unbranched alkanes of at least 4 members (excludes halogenated alkanes) is 2. The molecule has 0 heterocycles. The van der Waals surface area contributed by atoms with Crippen LogP contribution in [0.4, 0.5) is 0 Å². The molecule has 0 aromatic carbocycles. The van der Waals surface area contributed by atoms with E-state index in [4.69, 9.17) is 4.74 Å². The van der Waals surface area contributed by atoms with E-state index in [9.17, 15) is 4.79 Å². The van der Waals surface area contributed by atoms with Crippen LogP contribution in [0.1, 0.15) is 19.3 Å². The van der Waals surface area contributed by atoms with E-state index in [0.717, 1.165) is 12.8 Å². The van der Waals surface area contributed by atoms with Gasteiger partial charge in [-0.15, -0.1) is 0 Å². The largest absolute Gasteiger partial charge is 0.463 e. The SMILES string of the molecule is C=CC(=O)OCCCCC[SiH2]C(Br)Br. The Bertz CT molecular complexity index is 174. The van der Waals surface area contributed by atoms with Crippen LogP contribution in [0.3, 0.4) is 0 Å². The van der Waals surface area contributed by atoms with Crippen LogP contribution < -0.4 is 0 Å². The molecule has 2 nitrogen and oxygen atoms in total. The molecule has 0 aliphatic rings. The van der Waals surface area contributed by atoms with Crippen molar-refractivity contribution in [2.75, 3.05) is 6.61 Å². The number of ether oxygens (including phenoxy) is 1. The summed E-state index contributed by atoms with van der Waals surface area (Å²) in [6.45, 7) is 3.86. The second-order valence-corrected chi connectivity index (χ2v) is 10.9. The normalized spacial score (nSPS) is 11.1. The second kappa shape index (κ2) is 9.92. The molecule has 0 rings (SSSR count). The Morgan fingerprint density at radius 1 is 1.43 bits per heavy atom. The molecule has 0 saturated heterocycles. The lowest BCUT2D eigenvalue weighted by molar-refractivity contribution is -0.137. The smallest absolute Gasteiger partial charge is 0.330 e. The zero-order valence-electron chi connectivity index (χ0n) is 8.18. The van der Waals surface area contributed by atoms with E-state index >= 15 is 0 Å². The first-order valence-electron chi connectivity index (χ1n) is 4.74. The molecule has 0 radical (unpaired) electrons. The van der Waals surface area contributed by atoms with Gasteiger partial charge in [-0.05, 0) is 6.42 Å². The summed E-state index contributed by atoms with van der Waals surface area (Å²) in [7, 11) is 0.00121. The van der Waals surface area contributed by atoms with Gasteiger partial charge >= 0.3 is 5.97 Å². The third kappa shape index (κ3) is 10.5. The fourth-order valence-corrected chi connectivity index (χ4v) is 3.88. The van der Waals surface area contributed by atoms with Crippen LogP contribution in [0.15, 0.2) is 12.7 Å². The van der Waals surface area contributed by atoms with E-state index in [-0.39, 0.29) is 15.5 Å². The Labute approximate surface area is 105 Å². The fraction of sp³-hybridized carbons (Fsp3) is 0.667. The zero-order chi connectivity index (χ0) is 10.8. The molecule has 0 atom stereocenters. The molecule has 0 aromatic rings. The summed E-state index contributed by atoms with van der Waals surface area (Å²) in [5.41, 5.74) is 0. The Morgan fingerprint density at radius 2 is 2.14 bits per heavy atom. The van der Waals surface area contributed by atoms with Gasteiger partial charge in [-0.25, -0.2) is 4.79 Å². The van der Waals surface area contributed by atoms with Gasteiger partial charge < -0.3 is 4.74 Å². The monoisotopic (exact) mass is 342 g/mol. The maximum Gasteiger partial charge on any atom is 0.330 e. The van der Waals surface area contributed by atoms with Gasteiger partial charge in [-0.2, -0.15) is 0 Å². The third-order valence-electron chi connectivity index (χ3n) is 1.73. The molecule has 0 aromatic heterocycles. The summed E-state index contributed by atoms with van der Waals surface area (Å²) in [4.78, 5) is 10.6. The van der Waals surface area contributed by atoms with Crippen LogP contribution in [0, 0.1) is 0 Å². The minimum atomic E-state index is -0.319. The van der Waals surface area contributed by atoms with Crippen LogP contribution >= 0.6 is 31.9 Å². The van der Waals surface area contributed by atoms with E-state index in [2.05, 4.69) is 38.4 Å². The van der Waals surface area contributed by atoms with Gasteiger partial charge in [0.05, 0.1) is 9.97 Å². The molecule has 5 heteroatoms. The predicted octanol–water partition coefficient (Wildman–Crippen LogP) is 2.55. The van der Waals surface area contributed by atoms with Crippen molar-refractivity contribution >= 4 is 47.3 Å². The fourth-order valence-electron chi connectivity index (χ4n) is 0.986. The zero-order valence-corrected chi connectivity index (χ0v) is 12.8. The lowest BCUT2D eigenvalue weighted by atomic mass is 10.3. The minimum absolute atomic E-state index is 0.00121. The number of carbonyl (C=O) groups is 1. The number of alkyl halides is 2. The number of esters is 1. The van der Waals surface area contributed by atoms with Crippen molar-refractivity contribution in [3.63, 3.8) is 0 Å². The summed E-state index contributed by atoms with van der Waals surface area (Å²) in [6.07, 6.45) is 4.55. The number of hydrogen-bond donors (Lipinski definition) is 0. The van der Waals surface area contributed by atoms with E-state index in [1.54, 1.807) is 0 Å². The van der Waals surface area contributed by atoms with Gasteiger partial charge in [0.2, 0.25) is 0 Å². The van der Waals surface area contributed by atoms with E-state index < -0.39 is 0 Å². The van der Waals surface area contributed by atoms with Crippen LogP contribution in [-0.2, 0) is 9.53 Å². The Morgan fingerprint density at radius 3 is 2.71 bits per heavy atom. The van der Waals surface area contributed by atoms with Crippen molar-refractivity contribution in [3.8, 4) is 0 Å². The van der Waals surface area contributed by atoms with Crippen molar-refractivity contribution in [2.45, 2.75) is 28.7 Å². The van der Waals surface area contributed by atoms with Crippen molar-refractivity contribution < 1.29 is 9.53 Å². The minimum Gasteiger partial charge on any atom is -0.463 e. The average molecular weight is 344 g/mol. The Hall–Kier alpha value is 0.387. The van der Waals surface area contributed by atoms with E-state index in [1.807, 2.05) is 0 Å². The second-order valence-electron chi connectivity index (χ2n) is 2.97. The first-order valence-corrected chi connectivity index (χ1v) is 8.39. The third-order valence-corrected chi connectivity index (χ3v) is 5.82. The summed E-state index contributed by atoms with van der Waals surface area (Å²) >= 11 is 6.97. The van der Waals surface area contributed by atoms with Crippen LogP contribution in [0.2, 0.25) is 6.04 Å². The maximum atomic E-state index is 10.6. The lowest BCUT2D eigenvalue weighted by Gasteiger charge is -2.02. The number of carbonyl (C=O) groups excluding carboxylic acids is 1. The topological polar surface area (TPSA) is 26.3 Å². The molecule has 0 aliphatic heterocycles. The van der Waals surface area contributed by atoms with Gasteiger partial charge in [0.25, 0.3) is 0 Å². The highest BCUT2D eigenvalue weighted by Gasteiger charge is 1.99. The first-order chi connectivity index (χ1) is 6.66. The molecule has 82 valence electrons. The van der Waals surface area contributed by atoms with Crippen LogP contribution in [-0.4, -0.2) is 25.5 Å². The quantitative estimate of drug-likeness (QED) is 0.222. The predicted molar refractivity (Wildman–Crippen MR) is 70.0 cm³/mol. The van der Waals surface area contributed by atoms with Crippen molar-refractivity contribution in [2.24, 2.45) is 0 Å². The average Bonchev–Trinajstić information content (AvgIpc) is 2.15. The van der Waals surface area contributed by atoms with Gasteiger partial charge in [0.1, 0.15) is 0 Å². The Balaban J connectivity index is 3.06. The van der Waals surface area contributed by atoms with Gasteiger partial charge in [0, 0.05) is 15.6 Å². The van der Waals surface area contributed by atoms with Crippen LogP contribution in [0.25, 0.3) is 0 Å². The molecule has 0 N–H and O–H groups in total. The van der Waals surface area contributed by atoms with Gasteiger partial charge in [-0.3, -0.25) is 0 Å². The molecular weight excluding hydrogens is 328 g/mol. The van der Waals surface area contributed by atoms with Gasteiger partial charge in [-0.1, -0.05) is 57.3 Å².